The van der Waals surface area contributed by atoms with E-state index in [9.17, 15) is 31.9 Å². The maximum Gasteiger partial charge on any atom is 0.387 e. The number of nitrogens with one attached hydrogen (secondary N) is 1. The second-order valence-electron chi connectivity index (χ2n) is 7.76. The number of anilines is 1. The van der Waals surface area contributed by atoms with E-state index in [1.165, 1.54) is 22.8 Å². The van der Waals surface area contributed by atoms with Gasteiger partial charge in [0.1, 0.15) is 29.1 Å². The lowest BCUT2D eigenvalue weighted by Gasteiger charge is -2.23. The zero-order chi connectivity index (χ0) is 26.9. The lowest BCUT2D eigenvalue weighted by molar-refractivity contribution is -0.106. The van der Waals surface area contributed by atoms with Crippen molar-refractivity contribution in [2.24, 2.45) is 0 Å². The van der Waals surface area contributed by atoms with Gasteiger partial charge in [-0.15, -0.1) is 5.10 Å². The number of ether oxygens (including phenoxy) is 1. The minimum Gasteiger partial charge on any atom is -0.434 e. The monoisotopic (exact) mass is 525 g/mol. The van der Waals surface area contributed by atoms with E-state index in [4.69, 9.17) is 5.73 Å². The molecule has 4 aromatic rings. The number of carbonyl (C=O) groups excluding carboxylic acids is 1. The second-order valence-corrected chi connectivity index (χ2v) is 7.76. The molecule has 1 amide bonds. The van der Waals surface area contributed by atoms with Crippen LogP contribution in [0.4, 0.5) is 32.3 Å². The molecule has 0 radical (unpaired) electrons. The molecule has 14 heteroatoms. The van der Waals surface area contributed by atoms with Crippen LogP contribution in [0.5, 0.6) is 5.75 Å². The van der Waals surface area contributed by atoms with Gasteiger partial charge in [-0.25, -0.2) is 22.1 Å². The van der Waals surface area contributed by atoms with Gasteiger partial charge in [-0.05, 0) is 47.5 Å². The molecule has 1 atom stereocenters. The molecule has 0 saturated carbocycles. The van der Waals surface area contributed by atoms with E-state index in [2.05, 4.69) is 14.8 Å². The molecule has 4 rings (SSSR count). The van der Waals surface area contributed by atoms with Gasteiger partial charge in [-0.1, -0.05) is 12.1 Å². The fourth-order valence-corrected chi connectivity index (χ4v) is 3.53. The minimum absolute atomic E-state index is 0.0675. The highest BCUT2D eigenvalue weighted by Gasteiger charge is 2.40. The molecular weight excluding hydrogens is 508 g/mol. The Morgan fingerprint density at radius 2 is 1.84 bits per heavy atom. The van der Waals surface area contributed by atoms with Crippen molar-refractivity contribution in [3.63, 3.8) is 0 Å². The molecule has 37 heavy (non-hydrogen) atoms. The average Bonchev–Trinajstić information content (AvgIpc) is 3.22. The Kier molecular flexibility index (Phi) is 6.94. The first-order valence-electron chi connectivity index (χ1n) is 10.5. The van der Waals surface area contributed by atoms with Crippen molar-refractivity contribution in [1.82, 2.24) is 19.9 Å². The van der Waals surface area contributed by atoms with Crippen molar-refractivity contribution in [3.8, 4) is 16.9 Å². The number of hydrogen-bond donors (Lipinski definition) is 3. The van der Waals surface area contributed by atoms with E-state index in [0.717, 1.165) is 36.4 Å². The fourth-order valence-electron chi connectivity index (χ4n) is 3.53. The van der Waals surface area contributed by atoms with Gasteiger partial charge in [-0.2, -0.15) is 13.8 Å². The third-order valence-electron chi connectivity index (χ3n) is 5.28. The van der Waals surface area contributed by atoms with Gasteiger partial charge < -0.3 is 20.9 Å². The number of nitrogens with zero attached hydrogens (tertiary/aromatic N) is 3. The molecule has 0 aliphatic heterocycles. The fraction of sp³-hybridized carbons (Fsp3) is 0.174. The summed E-state index contributed by atoms with van der Waals surface area (Å²) < 4.78 is 89.0. The highest BCUT2D eigenvalue weighted by Crippen LogP contribution is 2.34. The standard InChI is InChI=1S/C23H17F6N5O3/c24-13-3-1-11(2-4-13)19(35)23(28,29)10-31-20(36)17-15(37-21(26)27)6-5-14(18(17)25)12-7-8-34-16(9-12)32-22(30)33-34/h1-9,19,21,35H,10H2,(H2,30,33)(H,31,36)/t19-/m0/s1. The van der Waals surface area contributed by atoms with Crippen molar-refractivity contribution in [2.45, 2.75) is 18.6 Å². The van der Waals surface area contributed by atoms with E-state index >= 15 is 4.39 Å². The number of fused-ring (bicyclic) bond motifs is 1. The number of halogens is 6. The molecule has 194 valence electrons. The van der Waals surface area contributed by atoms with Crippen LogP contribution in [-0.2, 0) is 0 Å². The number of carbonyl (C=O) groups is 1. The molecule has 0 aliphatic rings. The number of hydrogen-bond acceptors (Lipinski definition) is 6. The first-order chi connectivity index (χ1) is 17.5. The van der Waals surface area contributed by atoms with E-state index < -0.39 is 54.0 Å². The molecule has 0 unspecified atom stereocenters. The normalized spacial score (nSPS) is 12.6. The van der Waals surface area contributed by atoms with Crippen LogP contribution in [0.25, 0.3) is 16.8 Å². The number of benzene rings is 2. The lowest BCUT2D eigenvalue weighted by Crippen LogP contribution is -2.41. The van der Waals surface area contributed by atoms with Gasteiger partial charge in [0.25, 0.3) is 11.8 Å². The molecule has 2 heterocycles. The van der Waals surface area contributed by atoms with Crippen LogP contribution < -0.4 is 15.8 Å². The first-order valence-corrected chi connectivity index (χ1v) is 10.5. The van der Waals surface area contributed by atoms with Crippen molar-refractivity contribution in [1.29, 1.82) is 0 Å². The van der Waals surface area contributed by atoms with Gasteiger partial charge in [-0.3, -0.25) is 4.79 Å². The number of nitrogen functional groups attached to an aromatic ring is 1. The van der Waals surface area contributed by atoms with Crippen LogP contribution in [0.15, 0.2) is 54.7 Å². The highest BCUT2D eigenvalue weighted by molar-refractivity contribution is 5.98. The van der Waals surface area contributed by atoms with Crippen molar-refractivity contribution in [2.75, 3.05) is 12.3 Å². The number of aromatic nitrogens is 3. The van der Waals surface area contributed by atoms with Gasteiger partial charge in [0.15, 0.2) is 5.65 Å². The van der Waals surface area contributed by atoms with Crippen LogP contribution in [0.2, 0.25) is 0 Å². The number of alkyl halides is 4. The number of pyridine rings is 1. The lowest BCUT2D eigenvalue weighted by atomic mass is 10.0. The summed E-state index contributed by atoms with van der Waals surface area (Å²) in [6.45, 7) is -4.96. The van der Waals surface area contributed by atoms with Crippen molar-refractivity contribution in [3.05, 3.63) is 77.5 Å². The number of nitrogens with two attached hydrogens (primary N) is 1. The molecule has 0 bridgehead atoms. The second kappa shape index (κ2) is 9.97. The predicted molar refractivity (Wildman–Crippen MR) is 118 cm³/mol. The number of amides is 1. The molecule has 0 aliphatic carbocycles. The summed E-state index contributed by atoms with van der Waals surface area (Å²) in [6.07, 6.45) is -1.07. The summed E-state index contributed by atoms with van der Waals surface area (Å²) in [7, 11) is 0. The average molecular weight is 525 g/mol. The third-order valence-corrected chi connectivity index (χ3v) is 5.28. The summed E-state index contributed by atoms with van der Waals surface area (Å²) in [5.74, 6) is -8.53. The Labute approximate surface area is 204 Å². The van der Waals surface area contributed by atoms with Crippen molar-refractivity contribution >= 4 is 17.5 Å². The van der Waals surface area contributed by atoms with Crippen LogP contribution in [-0.4, -0.2) is 44.7 Å². The molecule has 2 aromatic carbocycles. The smallest absolute Gasteiger partial charge is 0.387 e. The topological polar surface area (TPSA) is 115 Å². The molecular formula is C23H17F6N5O3. The van der Waals surface area contributed by atoms with E-state index in [1.54, 1.807) is 5.32 Å². The Balaban J connectivity index is 1.64. The maximum absolute atomic E-state index is 15.5. The van der Waals surface area contributed by atoms with Crippen LogP contribution in [0.3, 0.4) is 0 Å². The predicted octanol–water partition coefficient (Wildman–Crippen LogP) is 3.96. The largest absolute Gasteiger partial charge is 0.434 e. The summed E-state index contributed by atoms with van der Waals surface area (Å²) in [5, 5.41) is 15.6. The first kappa shape index (κ1) is 25.8. The summed E-state index contributed by atoms with van der Waals surface area (Å²) in [5.41, 5.74) is 4.21. The van der Waals surface area contributed by atoms with Crippen molar-refractivity contribution < 1.29 is 41.0 Å². The van der Waals surface area contributed by atoms with E-state index in [-0.39, 0.29) is 28.3 Å². The molecule has 2 aromatic heterocycles. The molecule has 0 saturated heterocycles. The zero-order valence-electron chi connectivity index (χ0n) is 18.5. The van der Waals surface area contributed by atoms with Crippen LogP contribution in [0.1, 0.15) is 22.0 Å². The van der Waals surface area contributed by atoms with Gasteiger partial charge in [0.2, 0.25) is 5.95 Å². The number of aliphatic hydroxyl groups is 1. The zero-order valence-corrected chi connectivity index (χ0v) is 18.5. The molecule has 0 spiro atoms. The van der Waals surface area contributed by atoms with E-state index in [1.807, 2.05) is 0 Å². The van der Waals surface area contributed by atoms with E-state index in [0.29, 0.717) is 0 Å². The van der Waals surface area contributed by atoms with Gasteiger partial charge in [0.05, 0.1) is 6.54 Å². The van der Waals surface area contributed by atoms with Crippen LogP contribution >= 0.6 is 0 Å². The quantitative estimate of drug-likeness (QED) is 0.300. The number of rotatable bonds is 8. The maximum atomic E-state index is 15.5. The summed E-state index contributed by atoms with van der Waals surface area (Å²) in [6, 6.07) is 8.23. The SMILES string of the molecule is Nc1nc2cc(-c3ccc(OC(F)F)c(C(=O)NCC(F)(F)[C@@H](O)c4ccc(F)cc4)c3F)ccn2n1. The molecule has 8 nitrogen and oxygen atoms in total. The van der Waals surface area contributed by atoms with Crippen LogP contribution in [0, 0.1) is 11.6 Å². The minimum atomic E-state index is -4.00. The molecule has 0 fully saturated rings. The summed E-state index contributed by atoms with van der Waals surface area (Å²) in [4.78, 5) is 16.7. The Morgan fingerprint density at radius 1 is 1.14 bits per heavy atom. The highest BCUT2D eigenvalue weighted by atomic mass is 19.3. The Bertz CT molecular complexity index is 1450. The summed E-state index contributed by atoms with van der Waals surface area (Å²) >= 11 is 0. The third kappa shape index (κ3) is 5.43. The Morgan fingerprint density at radius 3 is 2.51 bits per heavy atom. The molecule has 4 N–H and O–H groups in total. The number of aliphatic hydroxyl groups excluding tert-OH is 1. The van der Waals surface area contributed by atoms with Gasteiger partial charge in [0, 0.05) is 11.8 Å². The Hall–Kier alpha value is -4.33. The van der Waals surface area contributed by atoms with Gasteiger partial charge >= 0.3 is 6.61 Å².